The Morgan fingerprint density at radius 2 is 1.22 bits per heavy atom. The van der Waals surface area contributed by atoms with E-state index in [9.17, 15) is 26.3 Å². The average Bonchev–Trinajstić information content (AvgIpc) is 4.03. The monoisotopic (exact) mass is 919 g/mol. The van der Waals surface area contributed by atoms with Crippen molar-refractivity contribution in [2.45, 2.75) is 122 Å². The topological polar surface area (TPSA) is 65.3 Å². The number of nitrogens with zero attached hydrogens (tertiary/aromatic N) is 1. The van der Waals surface area contributed by atoms with Crippen LogP contribution in [0.15, 0.2) is 92.4 Å². The van der Waals surface area contributed by atoms with E-state index in [4.69, 9.17) is 5.73 Å². The summed E-state index contributed by atoms with van der Waals surface area (Å²) in [5, 5.41) is 9.98. The molecule has 3 aliphatic heterocycles. The molecule has 9 rings (SSSR count). The summed E-state index contributed by atoms with van der Waals surface area (Å²) in [6.07, 6.45) is 7.77. The Morgan fingerprint density at radius 3 is 1.72 bits per heavy atom. The summed E-state index contributed by atoms with van der Waals surface area (Å²) in [6, 6.07) is 18.4. The van der Waals surface area contributed by atoms with E-state index in [0.29, 0.717) is 42.2 Å². The fourth-order valence-electron chi connectivity index (χ4n) is 9.43. The first-order valence-electron chi connectivity index (χ1n) is 23.0. The molecule has 4 aromatic rings. The van der Waals surface area contributed by atoms with Gasteiger partial charge in [0, 0.05) is 82.6 Å². The Balaban J connectivity index is 0.000000175. The number of nitrogens with two attached hydrogens (primary N) is 1. The van der Waals surface area contributed by atoms with Crippen molar-refractivity contribution in [1.82, 2.24) is 10.2 Å². The van der Waals surface area contributed by atoms with Crippen LogP contribution in [0.25, 0.3) is 11.1 Å². The molecule has 0 aromatic heterocycles. The first-order chi connectivity index (χ1) is 30.9. The lowest BCUT2D eigenvalue weighted by atomic mass is 9.96. The molecule has 0 spiro atoms. The number of nitrogens with one attached hydrogen (secondary N) is 3. The van der Waals surface area contributed by atoms with Gasteiger partial charge in [-0.05, 0) is 158 Å². The Labute approximate surface area is 382 Å². The van der Waals surface area contributed by atoms with Crippen molar-refractivity contribution in [3.63, 3.8) is 0 Å². The van der Waals surface area contributed by atoms with Gasteiger partial charge in [0.2, 0.25) is 0 Å². The lowest BCUT2D eigenvalue weighted by Crippen LogP contribution is -2.39. The van der Waals surface area contributed by atoms with E-state index in [-0.39, 0.29) is 6.04 Å². The Kier molecular flexibility index (Phi) is 15.1. The Bertz CT molecular complexity index is 2350. The van der Waals surface area contributed by atoms with E-state index in [1.54, 1.807) is 0 Å². The van der Waals surface area contributed by atoms with Gasteiger partial charge in [0.25, 0.3) is 0 Å². The molecule has 342 valence electrons. The molecule has 0 radical (unpaired) electrons. The zero-order valence-electron chi connectivity index (χ0n) is 36.5. The first kappa shape index (κ1) is 46.6. The average molecular weight is 920 g/mol. The number of hydrogen-bond donors (Lipinski definition) is 4. The SMILES string of the molecule is CCCN1CCC(Nc2cc(C(F)(F)F)cc3c2Cc2ccc(C4=CCCC4)cc2S3)CC1.NCCNCCCNc1cc(C(F)(F)F)cc2c1Cc1ccc(C3=CCCC3)cc1S2. The molecule has 0 bridgehead atoms. The highest BCUT2D eigenvalue weighted by atomic mass is 32.2. The minimum absolute atomic E-state index is 0.216. The number of alkyl halides is 6. The number of halogens is 6. The van der Waals surface area contributed by atoms with E-state index in [2.05, 4.69) is 76.3 Å². The molecule has 1 fully saturated rings. The third-order valence-electron chi connectivity index (χ3n) is 12.9. The molecule has 5 aliphatic rings. The lowest BCUT2D eigenvalue weighted by Gasteiger charge is -2.34. The van der Waals surface area contributed by atoms with Gasteiger partial charge in [-0.25, -0.2) is 0 Å². The summed E-state index contributed by atoms with van der Waals surface area (Å²) in [4.78, 5) is 6.04. The van der Waals surface area contributed by atoms with Gasteiger partial charge in [-0.2, -0.15) is 26.3 Å². The van der Waals surface area contributed by atoms with Crippen LogP contribution in [0.1, 0.15) is 116 Å². The summed E-state index contributed by atoms with van der Waals surface area (Å²) in [6.45, 7) is 7.99. The van der Waals surface area contributed by atoms with E-state index in [0.717, 1.165) is 110 Å². The van der Waals surface area contributed by atoms with Gasteiger partial charge in [-0.15, -0.1) is 0 Å². The van der Waals surface area contributed by atoms with Crippen molar-refractivity contribution in [3.8, 4) is 0 Å². The second-order valence-corrected chi connectivity index (χ2v) is 19.7. The maximum absolute atomic E-state index is 13.8. The number of hydrogen-bond acceptors (Lipinski definition) is 7. The van der Waals surface area contributed by atoms with E-state index in [1.807, 2.05) is 0 Å². The van der Waals surface area contributed by atoms with Crippen LogP contribution in [0, 0.1) is 0 Å². The maximum Gasteiger partial charge on any atom is 0.416 e. The van der Waals surface area contributed by atoms with Crippen molar-refractivity contribution in [2.75, 3.05) is 56.4 Å². The number of piperidine rings is 1. The highest BCUT2D eigenvalue weighted by Crippen LogP contribution is 2.48. The molecule has 2 aliphatic carbocycles. The summed E-state index contributed by atoms with van der Waals surface area (Å²) in [5.74, 6) is 0. The number of fused-ring (bicyclic) bond motifs is 4. The third kappa shape index (κ3) is 11.4. The van der Waals surface area contributed by atoms with Gasteiger partial charge in [-0.3, -0.25) is 0 Å². The number of benzene rings is 4. The zero-order chi connectivity index (χ0) is 44.8. The predicted octanol–water partition coefficient (Wildman–Crippen LogP) is 13.3. The van der Waals surface area contributed by atoms with Crippen LogP contribution in [-0.2, 0) is 25.2 Å². The second kappa shape index (κ2) is 20.7. The van der Waals surface area contributed by atoms with Gasteiger partial charge in [0.1, 0.15) is 0 Å². The number of allylic oxidation sites excluding steroid dienone is 4. The second-order valence-electron chi connectivity index (χ2n) is 17.5. The molecule has 64 heavy (non-hydrogen) atoms. The van der Waals surface area contributed by atoms with Crippen LogP contribution in [0.2, 0.25) is 0 Å². The van der Waals surface area contributed by atoms with Crippen LogP contribution in [0.4, 0.5) is 37.7 Å². The van der Waals surface area contributed by atoms with Crippen molar-refractivity contribution < 1.29 is 26.3 Å². The minimum Gasteiger partial charge on any atom is -0.385 e. The molecular weight excluding hydrogens is 861 g/mol. The normalized spacial score (nSPS) is 17.4. The van der Waals surface area contributed by atoms with Crippen molar-refractivity contribution >= 4 is 46.0 Å². The van der Waals surface area contributed by atoms with Crippen molar-refractivity contribution in [1.29, 1.82) is 0 Å². The maximum atomic E-state index is 13.8. The van der Waals surface area contributed by atoms with Crippen LogP contribution < -0.4 is 21.7 Å². The standard InChI is InChI=1S/C27H31F3N2S.C24H28F3N3S/c1-2-11-32-12-9-22(10-13-32)31-24-16-21(27(28,29)30)17-26-23(24)14-20-8-7-19(15-25(20)33-26)18-5-3-4-6-18;25-24(26,27)19-14-21(30-10-3-9-29-11-8-28)20-12-18-7-6-17(16-4-1-2-5-16)13-22(18)31-23(20)15-19/h5,7-8,15-17,22,31H,2-4,6,9-14H2,1H3;4,6-7,13-15,29-30H,1-3,5,8-12,28H2. The van der Waals surface area contributed by atoms with Crippen LogP contribution in [0.5, 0.6) is 0 Å². The molecule has 5 nitrogen and oxygen atoms in total. The van der Waals surface area contributed by atoms with Crippen LogP contribution in [-0.4, -0.2) is 56.8 Å². The Morgan fingerprint density at radius 1 is 0.672 bits per heavy atom. The molecule has 0 atom stereocenters. The molecule has 0 amide bonds. The van der Waals surface area contributed by atoms with Crippen LogP contribution in [0.3, 0.4) is 0 Å². The lowest BCUT2D eigenvalue weighted by molar-refractivity contribution is -0.138. The van der Waals surface area contributed by atoms with E-state index >= 15 is 0 Å². The number of anilines is 2. The summed E-state index contributed by atoms with van der Waals surface area (Å²) in [7, 11) is 0. The first-order valence-corrected chi connectivity index (χ1v) is 24.6. The summed E-state index contributed by atoms with van der Waals surface area (Å²) >= 11 is 2.95. The number of likely N-dealkylation sites (tertiary alicyclic amines) is 1. The van der Waals surface area contributed by atoms with Crippen LogP contribution >= 0.6 is 23.5 Å². The molecule has 5 N–H and O–H groups in total. The van der Waals surface area contributed by atoms with Gasteiger partial charge >= 0.3 is 12.4 Å². The molecule has 0 saturated carbocycles. The molecule has 3 heterocycles. The number of rotatable bonds is 13. The third-order valence-corrected chi connectivity index (χ3v) is 15.2. The molecule has 13 heteroatoms. The molecular formula is C51H59F6N5S2. The Hall–Kier alpha value is -3.88. The molecule has 1 saturated heterocycles. The van der Waals surface area contributed by atoms with Crippen molar-refractivity contribution in [3.05, 3.63) is 117 Å². The molecule has 4 aromatic carbocycles. The fraction of sp³-hybridized carbons (Fsp3) is 0.451. The van der Waals surface area contributed by atoms with E-state index < -0.39 is 23.5 Å². The van der Waals surface area contributed by atoms with Gasteiger partial charge in [-0.1, -0.05) is 66.9 Å². The fourth-order valence-corrected chi connectivity index (χ4v) is 11.8. The highest BCUT2D eigenvalue weighted by molar-refractivity contribution is 7.99. The zero-order valence-corrected chi connectivity index (χ0v) is 38.2. The van der Waals surface area contributed by atoms with E-state index in [1.165, 1.54) is 94.0 Å². The molecule has 0 unspecified atom stereocenters. The van der Waals surface area contributed by atoms with Gasteiger partial charge < -0.3 is 26.6 Å². The minimum atomic E-state index is -4.37. The summed E-state index contributed by atoms with van der Waals surface area (Å²) < 4.78 is 82.0. The van der Waals surface area contributed by atoms with Crippen molar-refractivity contribution in [2.24, 2.45) is 5.73 Å². The quantitative estimate of drug-likeness (QED) is 0.0680. The highest BCUT2D eigenvalue weighted by Gasteiger charge is 2.35. The largest absolute Gasteiger partial charge is 0.416 e. The smallest absolute Gasteiger partial charge is 0.385 e. The van der Waals surface area contributed by atoms with Gasteiger partial charge in [0.15, 0.2) is 0 Å². The summed E-state index contributed by atoms with van der Waals surface area (Å²) in [5.41, 5.74) is 15.0. The predicted molar refractivity (Wildman–Crippen MR) is 252 cm³/mol. The van der Waals surface area contributed by atoms with Gasteiger partial charge in [0.05, 0.1) is 11.1 Å².